The second kappa shape index (κ2) is 26.2. The van der Waals surface area contributed by atoms with E-state index in [9.17, 15) is 23.6 Å². The lowest BCUT2D eigenvalue weighted by Gasteiger charge is -2.34. The third-order valence-electron chi connectivity index (χ3n) is 12.6. The molecule has 3 aromatic rings. The van der Waals surface area contributed by atoms with E-state index in [0.29, 0.717) is 62.3 Å². The van der Waals surface area contributed by atoms with Crippen molar-refractivity contribution in [3.63, 3.8) is 0 Å². The second-order valence-electron chi connectivity index (χ2n) is 17.6. The summed E-state index contributed by atoms with van der Waals surface area (Å²) in [5.41, 5.74) is 3.46. The van der Waals surface area contributed by atoms with Crippen molar-refractivity contribution in [2.75, 3.05) is 91.1 Å². The molecule has 0 radical (unpaired) electrons. The van der Waals surface area contributed by atoms with Crippen LogP contribution in [0.1, 0.15) is 81.6 Å². The first-order valence-corrected chi connectivity index (χ1v) is 24.8. The van der Waals surface area contributed by atoms with Crippen LogP contribution in [0.4, 0.5) is 9.18 Å². The topological polar surface area (TPSA) is 193 Å². The highest BCUT2D eigenvalue weighted by molar-refractivity contribution is 8.00. The minimum atomic E-state index is -0.382. The number of hydrogen-bond acceptors (Lipinski definition) is 12. The quantitative estimate of drug-likeness (QED) is 0.0562. The number of likely N-dealkylation sites (tertiary alicyclic amines) is 1. The maximum Gasteiger partial charge on any atom is 0.315 e. The number of carbonyl (C=O) groups is 4. The minimum absolute atomic E-state index is 0.00641. The van der Waals surface area contributed by atoms with Gasteiger partial charge in [0, 0.05) is 82.1 Å². The summed E-state index contributed by atoms with van der Waals surface area (Å²) < 4.78 is 24.5. The van der Waals surface area contributed by atoms with Crippen molar-refractivity contribution in [3.05, 3.63) is 100 Å². The monoisotopic (exact) mass is 950 g/mol. The molecule has 5 amide bonds. The molecule has 7 rings (SSSR count). The van der Waals surface area contributed by atoms with Crippen molar-refractivity contribution in [1.29, 1.82) is 5.26 Å². The number of carbonyl (C=O) groups excluding carboxylic acids is 4. The van der Waals surface area contributed by atoms with E-state index in [0.717, 1.165) is 88.1 Å². The molecule has 0 spiro atoms. The number of benzene rings is 2. The highest BCUT2D eigenvalue weighted by atomic mass is 32.2. The number of aromatic nitrogens is 1. The maximum atomic E-state index is 13.8. The molecule has 4 aliphatic heterocycles. The molecule has 4 saturated heterocycles. The number of nitrogens with one attached hydrogen (secondary N) is 5. The Morgan fingerprint density at radius 2 is 1.59 bits per heavy atom. The van der Waals surface area contributed by atoms with Crippen LogP contribution in [0.5, 0.6) is 0 Å². The number of piperazine rings is 1. The van der Waals surface area contributed by atoms with Gasteiger partial charge in [-0.1, -0.05) is 48.9 Å². The van der Waals surface area contributed by atoms with Crippen molar-refractivity contribution in [2.24, 2.45) is 0 Å². The predicted octanol–water partition coefficient (Wildman–Crippen LogP) is 3.26. The average Bonchev–Trinajstić information content (AvgIpc) is 3.92. The number of ether oxygens (including phenoxy) is 2. The normalized spacial score (nSPS) is 19.6. The number of nitriles is 1. The first-order chi connectivity index (χ1) is 33.2. The van der Waals surface area contributed by atoms with Gasteiger partial charge in [0.15, 0.2) is 0 Å². The lowest BCUT2D eigenvalue weighted by molar-refractivity contribution is -0.125. The first kappa shape index (κ1) is 50.3. The number of piperidine rings is 1. The Hall–Kier alpha value is -5.60. The standard InChI is InChI=1S/C50H63FN10O6S/c51-41-13-11-38(12-14-41)33-60-22-24-61(25-23-60)49(64)40-29-39(46(55-31-40)48(63)56-42-15-20-59(21-16-42)32-37-9-7-36(30-52)8-10-37)5-4-18-54-45(62)34-67-28-27-66-26-19-53-17-3-1-2-6-44-47-43(35-68-44)57-50(65)58-47/h7-14,29,31,42-44,47,53H,1-3,6,15-28,32-35H2,(H,54,62)(H,56,63)(H2,57,58,65)/t43-,44-,47-/m0/s1. The highest BCUT2D eigenvalue weighted by Gasteiger charge is 2.42. The van der Waals surface area contributed by atoms with Crippen LogP contribution < -0.4 is 26.6 Å². The molecule has 2 aromatic carbocycles. The van der Waals surface area contributed by atoms with Gasteiger partial charge in [-0.15, -0.1) is 0 Å². The number of thioether (sulfide) groups is 1. The van der Waals surface area contributed by atoms with Crippen molar-refractivity contribution in [1.82, 2.24) is 46.3 Å². The van der Waals surface area contributed by atoms with Crippen LogP contribution in [0, 0.1) is 29.0 Å². The summed E-state index contributed by atoms with van der Waals surface area (Å²) in [7, 11) is 0. The Balaban J connectivity index is 0.819. The largest absolute Gasteiger partial charge is 0.378 e. The Labute approximate surface area is 402 Å². The number of rotatable bonds is 22. The van der Waals surface area contributed by atoms with Gasteiger partial charge in [0.05, 0.1) is 61.2 Å². The van der Waals surface area contributed by atoms with Gasteiger partial charge in [0.25, 0.3) is 11.8 Å². The molecule has 18 heteroatoms. The number of nitrogens with zero attached hydrogens (tertiary/aromatic N) is 5. The zero-order chi connectivity index (χ0) is 47.5. The fourth-order valence-electron chi connectivity index (χ4n) is 8.83. The van der Waals surface area contributed by atoms with Gasteiger partial charge in [-0.25, -0.2) is 14.2 Å². The number of pyridine rings is 1. The van der Waals surface area contributed by atoms with Crippen molar-refractivity contribution >= 4 is 35.5 Å². The van der Waals surface area contributed by atoms with Crippen LogP contribution in [0.25, 0.3) is 0 Å². The van der Waals surface area contributed by atoms with E-state index in [2.05, 4.69) is 59.3 Å². The summed E-state index contributed by atoms with van der Waals surface area (Å²) in [4.78, 5) is 62.4. The van der Waals surface area contributed by atoms with E-state index in [1.54, 1.807) is 23.1 Å². The molecule has 0 unspecified atom stereocenters. The van der Waals surface area contributed by atoms with Gasteiger partial charge in [0.1, 0.15) is 18.1 Å². The van der Waals surface area contributed by atoms with E-state index >= 15 is 0 Å². The van der Waals surface area contributed by atoms with Crippen LogP contribution in [0.15, 0.2) is 60.8 Å². The Morgan fingerprint density at radius 3 is 2.34 bits per heavy atom. The number of fused-ring (bicyclic) bond motifs is 1. The lowest BCUT2D eigenvalue weighted by atomic mass is 10.0. The molecule has 4 fully saturated rings. The number of hydrogen-bond donors (Lipinski definition) is 5. The zero-order valence-electron chi connectivity index (χ0n) is 38.6. The molecule has 1 aromatic heterocycles. The number of amides is 5. The third kappa shape index (κ3) is 15.5. The van der Waals surface area contributed by atoms with E-state index in [4.69, 9.17) is 14.7 Å². The third-order valence-corrected chi connectivity index (χ3v) is 14.2. The molecular formula is C50H63FN10O6S. The minimum Gasteiger partial charge on any atom is -0.378 e. The van der Waals surface area contributed by atoms with Crippen LogP contribution >= 0.6 is 11.8 Å². The Morgan fingerprint density at radius 1 is 0.868 bits per heavy atom. The van der Waals surface area contributed by atoms with Gasteiger partial charge in [0.2, 0.25) is 5.91 Å². The van der Waals surface area contributed by atoms with Gasteiger partial charge in [-0.2, -0.15) is 17.0 Å². The summed E-state index contributed by atoms with van der Waals surface area (Å²) >= 11 is 1.95. The van der Waals surface area contributed by atoms with E-state index in [-0.39, 0.29) is 78.7 Å². The molecule has 5 N–H and O–H groups in total. The molecule has 3 atom stereocenters. The fourth-order valence-corrected chi connectivity index (χ4v) is 10.4. The smallest absolute Gasteiger partial charge is 0.315 e. The fraction of sp³-hybridized carbons (Fsp3) is 0.520. The maximum absolute atomic E-state index is 13.8. The predicted molar refractivity (Wildman–Crippen MR) is 257 cm³/mol. The van der Waals surface area contributed by atoms with Crippen molar-refractivity contribution < 1.29 is 33.0 Å². The van der Waals surface area contributed by atoms with Gasteiger partial charge in [-0.05, 0) is 73.7 Å². The summed E-state index contributed by atoms with van der Waals surface area (Å²) in [6.45, 7) is 7.92. The molecule has 68 heavy (non-hydrogen) atoms. The Bertz CT molecular complexity index is 2260. The van der Waals surface area contributed by atoms with E-state index in [1.165, 1.54) is 18.3 Å². The Kier molecular flexibility index (Phi) is 19.4. The SMILES string of the molecule is N#Cc1ccc(CN2CCC(NC(=O)c3ncc(C(=O)N4CCN(Cc5ccc(F)cc5)CC4)cc3C#CCNC(=O)COCCOCCNCCCCC[C@@H]3SC[C@@H]4NC(=O)N[C@@H]43)CC2)cc1. The van der Waals surface area contributed by atoms with E-state index in [1.807, 2.05) is 36.0 Å². The summed E-state index contributed by atoms with van der Waals surface area (Å²) in [5.74, 6) is 5.70. The molecule has 0 saturated carbocycles. The zero-order valence-corrected chi connectivity index (χ0v) is 39.4. The number of halogens is 1. The summed E-state index contributed by atoms with van der Waals surface area (Å²) in [5, 5.41) is 24.9. The summed E-state index contributed by atoms with van der Waals surface area (Å²) in [6, 6.07) is 18.2. The average molecular weight is 951 g/mol. The van der Waals surface area contributed by atoms with Gasteiger partial charge in [-0.3, -0.25) is 24.2 Å². The molecule has 362 valence electrons. The van der Waals surface area contributed by atoms with E-state index < -0.39 is 0 Å². The van der Waals surface area contributed by atoms with Gasteiger partial charge >= 0.3 is 6.03 Å². The second-order valence-corrected chi connectivity index (χ2v) is 18.9. The highest BCUT2D eigenvalue weighted by Crippen LogP contribution is 2.33. The number of unbranched alkanes of at least 4 members (excludes halogenated alkanes) is 2. The van der Waals surface area contributed by atoms with Crippen molar-refractivity contribution in [3.8, 4) is 17.9 Å². The lowest BCUT2D eigenvalue weighted by Crippen LogP contribution is -2.48. The molecule has 0 bridgehead atoms. The molecule has 16 nitrogen and oxygen atoms in total. The van der Waals surface area contributed by atoms with Crippen LogP contribution in [-0.2, 0) is 27.4 Å². The summed E-state index contributed by atoms with van der Waals surface area (Å²) in [6.07, 6.45) is 7.41. The van der Waals surface area contributed by atoms with Crippen molar-refractivity contribution in [2.45, 2.75) is 75.0 Å². The number of urea groups is 1. The first-order valence-electron chi connectivity index (χ1n) is 23.8. The molecular weight excluding hydrogens is 888 g/mol. The molecule has 0 aliphatic carbocycles. The van der Waals surface area contributed by atoms with Crippen LogP contribution in [-0.4, -0.2) is 158 Å². The molecule has 4 aliphatic rings. The molecule has 5 heterocycles. The van der Waals surface area contributed by atoms with Crippen LogP contribution in [0.2, 0.25) is 0 Å². The van der Waals surface area contributed by atoms with Crippen LogP contribution in [0.3, 0.4) is 0 Å². The van der Waals surface area contributed by atoms with Gasteiger partial charge < -0.3 is 41.0 Å².